The molecule has 92 valence electrons. The zero-order chi connectivity index (χ0) is 12.6. The molecule has 0 unspecified atom stereocenters. The molecule has 3 nitrogen and oxygen atoms in total. The molecule has 1 amide bonds. The third-order valence-corrected chi connectivity index (χ3v) is 9.23. The summed E-state index contributed by atoms with van der Waals surface area (Å²) < 4.78 is -0.693. The summed E-state index contributed by atoms with van der Waals surface area (Å²) in [5.74, 6) is 0.0111. The fourth-order valence-corrected chi connectivity index (χ4v) is 4.90. The van der Waals surface area contributed by atoms with Crippen LogP contribution in [0.1, 0.15) is 6.92 Å². The summed E-state index contributed by atoms with van der Waals surface area (Å²) in [4.78, 5) is 12.3. The van der Waals surface area contributed by atoms with Crippen molar-refractivity contribution in [2.24, 2.45) is 5.14 Å². The molecule has 16 heavy (non-hydrogen) atoms. The van der Waals surface area contributed by atoms with E-state index in [9.17, 15) is 4.79 Å². The lowest BCUT2D eigenvalue weighted by Crippen LogP contribution is -2.15. The molecule has 0 fully saturated rings. The third-order valence-electron chi connectivity index (χ3n) is 1.79. The second-order valence-electron chi connectivity index (χ2n) is 3.18. The average molecular weight is 690 g/mol. The second-order valence-corrected chi connectivity index (χ2v) is 41.1. The van der Waals surface area contributed by atoms with Gasteiger partial charge in [-0.05, 0) is 87.9 Å². The Bertz CT molecular complexity index is 405. The first-order valence-electron chi connectivity index (χ1n) is 4.13. The van der Waals surface area contributed by atoms with Crippen LogP contribution in [0.4, 0.5) is 5.69 Å². The lowest BCUT2D eigenvalue weighted by molar-refractivity contribution is -0.115. The number of thiol groups is 1. The van der Waals surface area contributed by atoms with E-state index >= 15 is 0 Å². The van der Waals surface area contributed by atoms with Gasteiger partial charge in [0.1, 0.15) is 0 Å². The number of nitrogens with two attached hydrogens (primary N) is 1. The summed E-state index contributed by atoms with van der Waals surface area (Å²) >= 11 is 8.95. The minimum atomic E-state index is -2.28. The van der Waals surface area contributed by atoms with Crippen LogP contribution in [0.3, 0.4) is 0 Å². The van der Waals surface area contributed by atoms with E-state index in [0.717, 1.165) is 10.6 Å². The van der Waals surface area contributed by atoms with Crippen molar-refractivity contribution in [1.29, 1.82) is 0 Å². The van der Waals surface area contributed by atoms with E-state index in [4.69, 9.17) is 5.14 Å². The van der Waals surface area contributed by atoms with Gasteiger partial charge < -0.3 is 0 Å². The van der Waals surface area contributed by atoms with Crippen LogP contribution in [0.15, 0.2) is 29.2 Å². The van der Waals surface area contributed by atoms with Crippen LogP contribution < -0.4 is 8.25 Å². The molecule has 2 N–H and O–H groups in total. The zero-order valence-electron chi connectivity index (χ0n) is 8.20. The molecule has 0 spiro atoms. The molecule has 0 aliphatic rings. The van der Waals surface area contributed by atoms with E-state index < -0.39 is 0.861 Å². The van der Waals surface area contributed by atoms with Crippen molar-refractivity contribution in [3.8, 4) is 0 Å². The molecule has 0 bridgehead atoms. The molecule has 0 heterocycles. The minimum Gasteiger partial charge on any atom is -0.285 e. The van der Waals surface area contributed by atoms with Crippen LogP contribution in [-0.2, 0) is 4.79 Å². The maximum absolute atomic E-state index is 11.2. The highest BCUT2D eigenvalue weighted by molar-refractivity contribution is 14.5. The number of hydrogen-bond acceptors (Lipinski definition) is 2. The number of carbonyl (C=O) groups is 1. The van der Waals surface area contributed by atoms with Crippen molar-refractivity contribution >= 4 is 98.9 Å². The van der Waals surface area contributed by atoms with Gasteiger partial charge in [0.2, 0.25) is 5.91 Å². The molecule has 0 aliphatic heterocycles. The van der Waals surface area contributed by atoms with Gasteiger partial charge in [0.25, 0.3) is 0 Å². The van der Waals surface area contributed by atoms with Crippen molar-refractivity contribution in [2.75, 3.05) is 3.11 Å². The molecular formula is C8H10I4N2OS. The third kappa shape index (κ3) is 4.55. The number of rotatable bonds is 2. The fourth-order valence-electron chi connectivity index (χ4n) is 1.02. The van der Waals surface area contributed by atoms with Crippen LogP contribution in [-0.4, -0.2) is 5.91 Å². The van der Waals surface area contributed by atoms with E-state index in [1.165, 1.54) is 6.92 Å². The predicted molar refractivity (Wildman–Crippen MR) is 107 cm³/mol. The number of hydrogen-bond donors (Lipinski definition) is 2. The van der Waals surface area contributed by atoms with E-state index in [0.29, 0.717) is 0 Å². The number of benzene rings is 1. The smallest absolute Gasteiger partial charge is 0.232 e. The van der Waals surface area contributed by atoms with Crippen LogP contribution in [0.5, 0.6) is 0 Å². The van der Waals surface area contributed by atoms with Crippen molar-refractivity contribution in [3.05, 3.63) is 24.3 Å². The molecule has 0 saturated carbocycles. The molecule has 0 aromatic heterocycles. The highest BCUT2D eigenvalue weighted by Gasteiger charge is 2.27. The molecular weight excluding hydrogens is 680 g/mol. The van der Waals surface area contributed by atoms with Gasteiger partial charge in [0, 0.05) is 11.8 Å². The normalized spacial score (nSPS) is 14.0. The molecule has 0 radical (unpaired) electrons. The lowest BCUT2D eigenvalue weighted by atomic mass is 10.3. The average Bonchev–Trinajstić information content (AvgIpc) is 2.14. The molecule has 0 atom stereocenters. The summed E-state index contributed by atoms with van der Waals surface area (Å²) in [5, 5.41) is 6.29. The van der Waals surface area contributed by atoms with Gasteiger partial charge in [0.15, 0.2) is 0 Å². The Balaban J connectivity index is 3.06. The molecule has 0 saturated heterocycles. The van der Waals surface area contributed by atoms with Gasteiger partial charge >= 0.3 is 0 Å². The molecule has 8 heteroatoms. The quantitative estimate of drug-likeness (QED) is 0.268. The first-order chi connectivity index (χ1) is 7.08. The Labute approximate surface area is 145 Å². The predicted octanol–water partition coefficient (Wildman–Crippen LogP) is 4.74. The highest BCUT2D eigenvalue weighted by atomic mass is 127. The monoisotopic (exact) mass is 690 g/mol. The Kier molecular flexibility index (Phi) is 5.49. The molecule has 1 aromatic carbocycles. The van der Waals surface area contributed by atoms with Crippen LogP contribution in [0, 0.1) is 0 Å². The number of nitrogens with zero attached hydrogens (tertiary/aromatic N) is 1. The van der Waals surface area contributed by atoms with Crippen molar-refractivity contribution in [2.45, 2.75) is 11.8 Å². The van der Waals surface area contributed by atoms with Crippen LogP contribution in [0.2, 0.25) is 0 Å². The largest absolute Gasteiger partial charge is 0.285 e. The highest BCUT2D eigenvalue weighted by Crippen LogP contribution is 2.88. The number of carbonyl (C=O) groups excluding carboxylic acids is 1. The molecule has 1 rings (SSSR count). The van der Waals surface area contributed by atoms with Crippen molar-refractivity contribution < 1.29 is 4.79 Å². The van der Waals surface area contributed by atoms with E-state index in [-0.39, 0.29) is 5.91 Å². The Morgan fingerprint density at radius 3 is 2.00 bits per heavy atom. The van der Waals surface area contributed by atoms with Gasteiger partial charge in [-0.3, -0.25) is 13.0 Å². The van der Waals surface area contributed by atoms with Gasteiger partial charge in [0.05, 0.1) is 28.6 Å². The van der Waals surface area contributed by atoms with Gasteiger partial charge in [-0.1, -0.05) is 0 Å². The number of anilines is 1. The van der Waals surface area contributed by atoms with Crippen molar-refractivity contribution in [1.82, 2.24) is 0 Å². The second kappa shape index (κ2) is 5.50. The lowest BCUT2D eigenvalue weighted by Gasteiger charge is -2.40. The van der Waals surface area contributed by atoms with Gasteiger partial charge in [-0.15, -0.1) is 0.861 Å². The summed E-state index contributed by atoms with van der Waals surface area (Å²) in [5.41, 5.74) is 0.876. The van der Waals surface area contributed by atoms with E-state index in [1.54, 1.807) is 3.11 Å². The molecule has 1 aromatic rings. The topological polar surface area (TPSA) is 46.3 Å². The van der Waals surface area contributed by atoms with E-state index in [2.05, 4.69) is 63.6 Å². The first-order valence-corrected chi connectivity index (χ1v) is 15.8. The zero-order valence-corrected chi connectivity index (χ0v) is 17.7. The summed E-state index contributed by atoms with van der Waals surface area (Å²) in [7, 11) is 0. The Morgan fingerprint density at radius 2 is 1.69 bits per heavy atom. The fraction of sp³-hybridized carbons (Fsp3) is 0.125. The summed E-state index contributed by atoms with van der Waals surface area (Å²) in [6.07, 6.45) is 0. The summed E-state index contributed by atoms with van der Waals surface area (Å²) in [6, 6.07) is 7.83. The molecule has 0 aliphatic carbocycles. The number of amides is 1. The Hall–Kier alpha value is 1.92. The van der Waals surface area contributed by atoms with Crippen LogP contribution >= 0.6 is 87.3 Å². The number of halogens is 4. The Morgan fingerprint density at radius 1 is 1.25 bits per heavy atom. The van der Waals surface area contributed by atoms with Crippen LogP contribution in [0.25, 0.3) is 0 Å². The maximum atomic E-state index is 11.2. The minimum absolute atomic E-state index is 0.0111. The summed E-state index contributed by atoms with van der Waals surface area (Å²) in [6.45, 7) is 1.54. The first kappa shape index (κ1) is 16.0. The SMILES string of the molecule is CC(=O)N(I)c1ccc([SH](N)(I)(I)I)cc1. The van der Waals surface area contributed by atoms with Gasteiger partial charge in [-0.25, -0.2) is 0 Å². The maximum Gasteiger partial charge on any atom is 0.232 e. The van der Waals surface area contributed by atoms with E-state index in [1.807, 2.05) is 47.1 Å². The standard InChI is InChI=1S/C8H10I4N2OS/c1-6(15)14(9)7-2-4-8(5-3-7)16(10,11,12)13/h2-5,16H,13H2,1H3. The van der Waals surface area contributed by atoms with Gasteiger partial charge in [-0.2, -0.15) is 0 Å². The van der Waals surface area contributed by atoms with Crippen molar-refractivity contribution in [3.63, 3.8) is 0 Å².